The Bertz CT molecular complexity index is 436. The number of nitrogens with zero attached hydrogens (tertiary/aromatic N) is 1. The molecule has 0 bridgehead atoms. The average molecular weight is 258 g/mol. The van der Waals surface area contributed by atoms with Crippen LogP contribution in [0.4, 0.5) is 5.69 Å². The largest absolute Gasteiger partial charge is 0.324 e. The average Bonchev–Trinajstić information content (AvgIpc) is 2.35. The lowest BCUT2D eigenvalue weighted by atomic mass is 10.1. The maximum absolute atomic E-state index is 12.1. The first-order chi connectivity index (χ1) is 9.08. The zero-order valence-electron chi connectivity index (χ0n) is 11.8. The highest BCUT2D eigenvalue weighted by molar-refractivity contribution is 5.93. The van der Waals surface area contributed by atoms with E-state index in [1.165, 1.54) is 0 Å². The molecule has 102 valence electrons. The van der Waals surface area contributed by atoms with E-state index in [9.17, 15) is 4.79 Å². The molecule has 0 aliphatic rings. The van der Waals surface area contributed by atoms with Crippen molar-refractivity contribution in [3.63, 3.8) is 0 Å². The molecule has 3 nitrogen and oxygen atoms in total. The Kier molecular flexibility index (Phi) is 6.03. The van der Waals surface area contributed by atoms with Crippen molar-refractivity contribution in [2.24, 2.45) is 0 Å². The molecule has 19 heavy (non-hydrogen) atoms. The predicted octanol–water partition coefficient (Wildman–Crippen LogP) is 2.92. The summed E-state index contributed by atoms with van der Waals surface area (Å²) in [6.07, 6.45) is 3.57. The highest BCUT2D eigenvalue weighted by Crippen LogP contribution is 2.19. The third-order valence-electron chi connectivity index (χ3n) is 2.89. The van der Waals surface area contributed by atoms with Crippen molar-refractivity contribution in [3.8, 4) is 0 Å². The summed E-state index contributed by atoms with van der Waals surface area (Å²) in [5.41, 5.74) is 3.06. The van der Waals surface area contributed by atoms with Crippen molar-refractivity contribution in [1.29, 1.82) is 0 Å². The number of hydrogen-bond acceptors (Lipinski definition) is 2. The third-order valence-corrected chi connectivity index (χ3v) is 2.89. The smallest absolute Gasteiger partial charge is 0.238 e. The fraction of sp³-hybridized carbons (Fsp3) is 0.312. The van der Waals surface area contributed by atoms with E-state index in [2.05, 4.69) is 18.5 Å². The number of para-hydroxylation sites is 1. The van der Waals surface area contributed by atoms with E-state index >= 15 is 0 Å². The van der Waals surface area contributed by atoms with Gasteiger partial charge >= 0.3 is 0 Å². The maximum Gasteiger partial charge on any atom is 0.238 e. The second-order valence-electron chi connectivity index (χ2n) is 4.59. The van der Waals surface area contributed by atoms with E-state index in [0.29, 0.717) is 19.6 Å². The van der Waals surface area contributed by atoms with Crippen molar-refractivity contribution in [1.82, 2.24) is 4.90 Å². The summed E-state index contributed by atoms with van der Waals surface area (Å²) in [6, 6.07) is 5.98. The van der Waals surface area contributed by atoms with Gasteiger partial charge in [0.15, 0.2) is 0 Å². The number of hydrogen-bond donors (Lipinski definition) is 1. The van der Waals surface area contributed by atoms with Gasteiger partial charge in [0.05, 0.1) is 6.54 Å². The Balaban J connectivity index is 2.68. The molecular formula is C16H22N2O. The summed E-state index contributed by atoms with van der Waals surface area (Å²) in [5.74, 6) is -0.0129. The molecule has 0 saturated heterocycles. The first kappa shape index (κ1) is 15.2. The van der Waals surface area contributed by atoms with Crippen LogP contribution < -0.4 is 5.32 Å². The van der Waals surface area contributed by atoms with Gasteiger partial charge in [0.25, 0.3) is 0 Å². The molecule has 0 atom stereocenters. The first-order valence-corrected chi connectivity index (χ1v) is 6.38. The lowest BCUT2D eigenvalue weighted by Gasteiger charge is -2.19. The Morgan fingerprint density at radius 1 is 1.21 bits per heavy atom. The van der Waals surface area contributed by atoms with Crippen molar-refractivity contribution in [2.75, 3.05) is 25.0 Å². The minimum atomic E-state index is -0.0129. The number of benzene rings is 1. The molecule has 1 N–H and O–H groups in total. The van der Waals surface area contributed by atoms with Gasteiger partial charge in [-0.05, 0) is 25.0 Å². The Morgan fingerprint density at radius 2 is 1.74 bits per heavy atom. The Morgan fingerprint density at radius 3 is 2.21 bits per heavy atom. The van der Waals surface area contributed by atoms with Crippen LogP contribution in [0.1, 0.15) is 11.1 Å². The number of aryl methyl sites for hydroxylation is 2. The van der Waals surface area contributed by atoms with Gasteiger partial charge in [-0.1, -0.05) is 30.4 Å². The number of carbonyl (C=O) groups is 1. The molecule has 0 spiro atoms. The third kappa shape index (κ3) is 4.72. The second kappa shape index (κ2) is 7.54. The molecule has 0 aliphatic carbocycles. The SMILES string of the molecule is C=CCN(CC=C)CC(=O)Nc1c(C)cccc1C. The van der Waals surface area contributed by atoms with E-state index in [-0.39, 0.29) is 5.91 Å². The van der Waals surface area contributed by atoms with Crippen LogP contribution >= 0.6 is 0 Å². The van der Waals surface area contributed by atoms with Gasteiger partial charge in [-0.2, -0.15) is 0 Å². The van der Waals surface area contributed by atoms with Crippen LogP contribution in [-0.2, 0) is 4.79 Å². The van der Waals surface area contributed by atoms with Gasteiger partial charge in [-0.3, -0.25) is 9.69 Å². The van der Waals surface area contributed by atoms with Gasteiger partial charge in [0, 0.05) is 18.8 Å². The quantitative estimate of drug-likeness (QED) is 0.763. The van der Waals surface area contributed by atoms with E-state index < -0.39 is 0 Å². The van der Waals surface area contributed by atoms with Gasteiger partial charge in [0.1, 0.15) is 0 Å². The van der Waals surface area contributed by atoms with Gasteiger partial charge in [0.2, 0.25) is 5.91 Å². The molecule has 1 aromatic carbocycles. The van der Waals surface area contributed by atoms with Crippen molar-refractivity contribution < 1.29 is 4.79 Å². The molecule has 0 heterocycles. The summed E-state index contributed by atoms with van der Waals surface area (Å²) < 4.78 is 0. The van der Waals surface area contributed by atoms with Crippen LogP contribution in [0.25, 0.3) is 0 Å². The lowest BCUT2D eigenvalue weighted by Crippen LogP contribution is -2.33. The molecule has 3 heteroatoms. The monoisotopic (exact) mass is 258 g/mol. The van der Waals surface area contributed by atoms with Gasteiger partial charge < -0.3 is 5.32 Å². The molecule has 0 fully saturated rings. The fourth-order valence-corrected chi connectivity index (χ4v) is 1.96. The summed E-state index contributed by atoms with van der Waals surface area (Å²) in [7, 11) is 0. The van der Waals surface area contributed by atoms with Crippen LogP contribution in [0.15, 0.2) is 43.5 Å². The standard InChI is InChI=1S/C16H22N2O/c1-5-10-18(11-6-2)12-15(19)17-16-13(3)8-7-9-14(16)4/h5-9H,1-2,10-12H2,3-4H3,(H,17,19). The number of carbonyl (C=O) groups excluding carboxylic acids is 1. The van der Waals surface area contributed by atoms with E-state index in [1.807, 2.05) is 36.9 Å². The van der Waals surface area contributed by atoms with Crippen LogP contribution in [0.5, 0.6) is 0 Å². The van der Waals surface area contributed by atoms with Crippen molar-refractivity contribution in [2.45, 2.75) is 13.8 Å². The Labute approximate surface area is 115 Å². The molecular weight excluding hydrogens is 236 g/mol. The van der Waals surface area contributed by atoms with Crippen molar-refractivity contribution >= 4 is 11.6 Å². The zero-order chi connectivity index (χ0) is 14.3. The summed E-state index contributed by atoms with van der Waals surface area (Å²) >= 11 is 0. The minimum Gasteiger partial charge on any atom is -0.324 e. The molecule has 0 unspecified atom stereocenters. The summed E-state index contributed by atoms with van der Waals surface area (Å²) in [5, 5.41) is 2.98. The first-order valence-electron chi connectivity index (χ1n) is 6.38. The highest BCUT2D eigenvalue weighted by atomic mass is 16.2. The molecule has 0 aliphatic heterocycles. The second-order valence-corrected chi connectivity index (χ2v) is 4.59. The normalized spacial score (nSPS) is 10.3. The molecule has 1 rings (SSSR count). The highest BCUT2D eigenvalue weighted by Gasteiger charge is 2.10. The molecule has 0 saturated carbocycles. The van der Waals surface area contributed by atoms with E-state index in [4.69, 9.17) is 0 Å². The number of nitrogens with one attached hydrogen (secondary N) is 1. The lowest BCUT2D eigenvalue weighted by molar-refractivity contribution is -0.117. The maximum atomic E-state index is 12.1. The number of rotatable bonds is 7. The number of amides is 1. The topological polar surface area (TPSA) is 32.3 Å². The summed E-state index contributed by atoms with van der Waals surface area (Å²) in [4.78, 5) is 14.0. The van der Waals surface area contributed by atoms with Gasteiger partial charge in [-0.25, -0.2) is 0 Å². The molecule has 1 amide bonds. The Hall–Kier alpha value is -1.87. The van der Waals surface area contributed by atoms with Crippen LogP contribution in [-0.4, -0.2) is 30.4 Å². The molecule has 0 aromatic heterocycles. The fourth-order valence-electron chi connectivity index (χ4n) is 1.96. The summed E-state index contributed by atoms with van der Waals surface area (Å²) in [6.45, 7) is 13.1. The van der Waals surface area contributed by atoms with Crippen molar-refractivity contribution in [3.05, 3.63) is 54.6 Å². The van der Waals surface area contributed by atoms with Crippen LogP contribution in [0.2, 0.25) is 0 Å². The predicted molar refractivity (Wildman–Crippen MR) is 81.4 cm³/mol. The van der Waals surface area contributed by atoms with Crippen LogP contribution in [0.3, 0.4) is 0 Å². The van der Waals surface area contributed by atoms with E-state index in [1.54, 1.807) is 12.2 Å². The molecule has 1 aromatic rings. The van der Waals surface area contributed by atoms with Gasteiger partial charge in [-0.15, -0.1) is 13.2 Å². The number of anilines is 1. The van der Waals surface area contributed by atoms with E-state index in [0.717, 1.165) is 16.8 Å². The minimum absolute atomic E-state index is 0.0129. The van der Waals surface area contributed by atoms with Crippen LogP contribution in [0, 0.1) is 13.8 Å². The zero-order valence-corrected chi connectivity index (χ0v) is 11.8. The molecule has 0 radical (unpaired) electrons.